The van der Waals surface area contributed by atoms with Crippen molar-refractivity contribution in [3.63, 3.8) is 0 Å². The lowest BCUT2D eigenvalue weighted by molar-refractivity contribution is 0.188. The molecule has 1 aromatic heterocycles. The fourth-order valence-corrected chi connectivity index (χ4v) is 5.31. The van der Waals surface area contributed by atoms with Gasteiger partial charge in [0.05, 0.1) is 30.7 Å². The Bertz CT molecular complexity index is 1410. The molecule has 0 fully saturated rings. The molecule has 2 atom stereocenters. The normalized spacial score (nSPS) is 18.9. The Labute approximate surface area is 211 Å². The summed E-state index contributed by atoms with van der Waals surface area (Å²) in [5.41, 5.74) is 6.98. The smallest absolute Gasteiger partial charge is 0.126 e. The summed E-state index contributed by atoms with van der Waals surface area (Å²) in [6.07, 6.45) is 10.8. The topological polar surface area (TPSA) is 53.5 Å². The molecule has 0 saturated carbocycles. The van der Waals surface area contributed by atoms with Crippen molar-refractivity contribution in [2.75, 3.05) is 7.11 Å². The van der Waals surface area contributed by atoms with Crippen LogP contribution in [-0.2, 0) is 13.1 Å². The van der Waals surface area contributed by atoms with Crippen LogP contribution in [0.5, 0.6) is 5.75 Å². The van der Waals surface area contributed by atoms with Gasteiger partial charge in [-0.05, 0) is 53.8 Å². The molecule has 180 valence electrons. The molecule has 0 bridgehead atoms. The van der Waals surface area contributed by atoms with E-state index in [0.717, 1.165) is 59.7 Å². The number of ether oxygens (including phenoxy) is 1. The highest BCUT2D eigenvalue weighted by Gasteiger charge is 2.27. The molecule has 1 aliphatic carbocycles. The summed E-state index contributed by atoms with van der Waals surface area (Å²) in [6, 6.07) is 25.9. The fourth-order valence-electron chi connectivity index (χ4n) is 5.31. The maximum Gasteiger partial charge on any atom is 0.126 e. The number of methoxy groups -OCH3 is 1. The van der Waals surface area contributed by atoms with Gasteiger partial charge in [-0.3, -0.25) is 9.89 Å². The predicted molar refractivity (Wildman–Crippen MR) is 146 cm³/mol. The van der Waals surface area contributed by atoms with Crippen molar-refractivity contribution >= 4 is 17.2 Å². The van der Waals surface area contributed by atoms with E-state index in [4.69, 9.17) is 9.72 Å². The minimum Gasteiger partial charge on any atom is -0.496 e. The number of benzene rings is 3. The van der Waals surface area contributed by atoms with Gasteiger partial charge in [-0.25, -0.2) is 4.98 Å². The maximum atomic E-state index is 5.57. The minimum atomic E-state index is 0.305. The van der Waals surface area contributed by atoms with Crippen molar-refractivity contribution in [3.8, 4) is 16.9 Å². The molecule has 0 amide bonds. The first kappa shape index (κ1) is 22.5. The van der Waals surface area contributed by atoms with Crippen LogP contribution >= 0.6 is 0 Å². The SMILES string of the molecule is COc1ccccc1-c1ccc(CN(Cc2nc3ccccc3[nH]2)C2C=C3C=CC=NC3CC2)cc1. The standard InChI is InChI=1S/C31H30N4O/c1-36-30-11-5-2-8-26(30)23-14-12-22(13-15-23)20-35(21-31-33-28-9-3-4-10-29(28)34-31)25-16-17-27-24(19-25)7-6-18-32-27/h2-15,18-19,25,27H,16-17,20-21H2,1H3,(H,33,34). The first-order chi connectivity index (χ1) is 17.8. The van der Waals surface area contributed by atoms with Gasteiger partial charge in [-0.1, -0.05) is 66.7 Å². The number of nitrogens with one attached hydrogen (secondary N) is 1. The highest BCUT2D eigenvalue weighted by Crippen LogP contribution is 2.31. The largest absolute Gasteiger partial charge is 0.496 e. The molecule has 1 N–H and O–H groups in total. The monoisotopic (exact) mass is 474 g/mol. The van der Waals surface area contributed by atoms with Crippen molar-refractivity contribution < 1.29 is 4.74 Å². The highest BCUT2D eigenvalue weighted by atomic mass is 16.5. The average Bonchev–Trinajstić information content (AvgIpc) is 3.35. The number of para-hydroxylation sites is 3. The molecule has 6 rings (SSSR count). The number of H-pyrrole nitrogens is 1. The van der Waals surface area contributed by atoms with Gasteiger partial charge in [0, 0.05) is 24.4 Å². The zero-order chi connectivity index (χ0) is 24.3. The number of hydrogen-bond acceptors (Lipinski definition) is 4. The summed E-state index contributed by atoms with van der Waals surface area (Å²) >= 11 is 0. The summed E-state index contributed by atoms with van der Waals surface area (Å²) in [7, 11) is 1.72. The lowest BCUT2D eigenvalue weighted by atomic mass is 9.89. The number of allylic oxidation sites excluding steroid dienone is 1. The van der Waals surface area contributed by atoms with Gasteiger partial charge in [0.1, 0.15) is 11.6 Å². The van der Waals surface area contributed by atoms with E-state index < -0.39 is 0 Å². The van der Waals surface area contributed by atoms with Crippen LogP contribution in [0.15, 0.2) is 102 Å². The molecular formula is C31H30N4O. The number of hydrogen-bond donors (Lipinski definition) is 1. The number of dihydropyridines is 1. The van der Waals surface area contributed by atoms with E-state index in [1.807, 2.05) is 36.6 Å². The van der Waals surface area contributed by atoms with Crippen molar-refractivity contribution in [2.45, 2.75) is 38.0 Å². The Morgan fingerprint density at radius 2 is 1.78 bits per heavy atom. The van der Waals surface area contributed by atoms with E-state index in [1.54, 1.807) is 7.11 Å². The molecule has 3 aromatic carbocycles. The molecule has 1 aliphatic heterocycles. The quantitative estimate of drug-likeness (QED) is 0.340. The number of aliphatic imine (C=N–C) groups is 1. The molecule has 0 radical (unpaired) electrons. The van der Waals surface area contributed by atoms with Crippen LogP contribution in [0.1, 0.15) is 24.2 Å². The van der Waals surface area contributed by atoms with E-state index in [-0.39, 0.29) is 0 Å². The average molecular weight is 475 g/mol. The molecule has 36 heavy (non-hydrogen) atoms. The molecular weight excluding hydrogens is 444 g/mol. The highest BCUT2D eigenvalue weighted by molar-refractivity contribution is 5.75. The second-order valence-electron chi connectivity index (χ2n) is 9.49. The second-order valence-corrected chi connectivity index (χ2v) is 9.49. The summed E-state index contributed by atoms with van der Waals surface area (Å²) in [5, 5.41) is 0. The first-order valence-electron chi connectivity index (χ1n) is 12.6. The predicted octanol–water partition coefficient (Wildman–Crippen LogP) is 6.34. The fraction of sp³-hybridized carbons (Fsp3) is 0.226. The molecule has 5 heteroatoms. The zero-order valence-corrected chi connectivity index (χ0v) is 20.5. The molecule has 0 spiro atoms. The number of aromatic amines is 1. The van der Waals surface area contributed by atoms with E-state index in [0.29, 0.717) is 12.1 Å². The van der Waals surface area contributed by atoms with E-state index in [2.05, 4.69) is 75.6 Å². The zero-order valence-electron chi connectivity index (χ0n) is 20.5. The Kier molecular flexibility index (Phi) is 6.22. The third-order valence-corrected chi connectivity index (χ3v) is 7.16. The van der Waals surface area contributed by atoms with Gasteiger partial charge in [-0.2, -0.15) is 0 Å². The van der Waals surface area contributed by atoms with Crippen LogP contribution in [0, 0.1) is 0 Å². The van der Waals surface area contributed by atoms with Gasteiger partial charge in [0.2, 0.25) is 0 Å². The Morgan fingerprint density at radius 3 is 2.64 bits per heavy atom. The Balaban J connectivity index is 1.28. The van der Waals surface area contributed by atoms with Gasteiger partial charge < -0.3 is 9.72 Å². The molecule has 4 aromatic rings. The number of aromatic nitrogens is 2. The van der Waals surface area contributed by atoms with E-state index >= 15 is 0 Å². The first-order valence-corrected chi connectivity index (χ1v) is 12.6. The van der Waals surface area contributed by atoms with Crippen LogP contribution in [0.25, 0.3) is 22.2 Å². The number of fused-ring (bicyclic) bond motifs is 2. The summed E-state index contributed by atoms with van der Waals surface area (Å²) in [5.74, 6) is 1.89. The molecule has 2 heterocycles. The lowest BCUT2D eigenvalue weighted by Gasteiger charge is -2.34. The Hall–Kier alpha value is -3.96. The number of rotatable bonds is 7. The second kappa shape index (κ2) is 9.96. The van der Waals surface area contributed by atoms with Gasteiger partial charge in [0.25, 0.3) is 0 Å². The van der Waals surface area contributed by atoms with Crippen LogP contribution in [0.2, 0.25) is 0 Å². The number of nitrogens with zero attached hydrogens (tertiary/aromatic N) is 3. The molecule has 0 saturated heterocycles. The van der Waals surface area contributed by atoms with Crippen molar-refractivity contribution in [1.29, 1.82) is 0 Å². The van der Waals surface area contributed by atoms with Crippen molar-refractivity contribution in [2.24, 2.45) is 4.99 Å². The lowest BCUT2D eigenvalue weighted by Crippen LogP contribution is -2.37. The third kappa shape index (κ3) is 4.62. The minimum absolute atomic E-state index is 0.305. The van der Waals surface area contributed by atoms with Crippen LogP contribution in [0.3, 0.4) is 0 Å². The number of imidazole rings is 1. The van der Waals surface area contributed by atoms with Gasteiger partial charge >= 0.3 is 0 Å². The molecule has 2 unspecified atom stereocenters. The van der Waals surface area contributed by atoms with E-state index in [9.17, 15) is 0 Å². The van der Waals surface area contributed by atoms with Crippen LogP contribution < -0.4 is 4.74 Å². The summed E-state index contributed by atoms with van der Waals surface area (Å²) < 4.78 is 5.57. The molecule has 2 aliphatic rings. The Morgan fingerprint density at radius 1 is 0.944 bits per heavy atom. The van der Waals surface area contributed by atoms with Crippen LogP contribution in [-0.4, -0.2) is 40.3 Å². The van der Waals surface area contributed by atoms with Crippen molar-refractivity contribution in [3.05, 3.63) is 108 Å². The van der Waals surface area contributed by atoms with Gasteiger partial charge in [-0.15, -0.1) is 0 Å². The van der Waals surface area contributed by atoms with Crippen molar-refractivity contribution in [1.82, 2.24) is 14.9 Å². The van der Waals surface area contributed by atoms with E-state index in [1.165, 1.54) is 11.1 Å². The summed E-state index contributed by atoms with van der Waals surface area (Å²) in [6.45, 7) is 1.60. The summed E-state index contributed by atoms with van der Waals surface area (Å²) in [4.78, 5) is 15.6. The van der Waals surface area contributed by atoms with Gasteiger partial charge in [0.15, 0.2) is 0 Å². The van der Waals surface area contributed by atoms with Crippen LogP contribution in [0.4, 0.5) is 0 Å². The molecule has 5 nitrogen and oxygen atoms in total. The maximum absolute atomic E-state index is 5.57. The third-order valence-electron chi connectivity index (χ3n) is 7.16.